The normalized spacial score (nSPS) is 17.1. The molecule has 3 aromatic rings. The van der Waals surface area contributed by atoms with Gasteiger partial charge in [0, 0.05) is 5.92 Å². The fraction of sp³-hybridized carbons (Fsp3) is 0.324. The Hall–Kier alpha value is -5.28. The van der Waals surface area contributed by atoms with Gasteiger partial charge in [0.05, 0.1) is 18.5 Å². The molecule has 0 saturated heterocycles. The highest BCUT2D eigenvalue weighted by molar-refractivity contribution is 8.16. The molecule has 3 aromatic carbocycles. The lowest BCUT2D eigenvalue weighted by Gasteiger charge is -2.24. The summed E-state index contributed by atoms with van der Waals surface area (Å²) in [6, 6.07) is 23.0. The van der Waals surface area contributed by atoms with Crippen LogP contribution in [0, 0.1) is 11.3 Å². The highest BCUT2D eigenvalue weighted by atomic mass is 32.2. The van der Waals surface area contributed by atoms with Gasteiger partial charge in [-0.15, -0.1) is 0 Å². The van der Waals surface area contributed by atoms with Crippen molar-refractivity contribution in [3.05, 3.63) is 95.6 Å². The van der Waals surface area contributed by atoms with Gasteiger partial charge >= 0.3 is 12.1 Å². The second kappa shape index (κ2) is 16.2. The number of benzene rings is 3. The number of carbonyl (C=O) groups excluding carboxylic acids is 4. The first-order valence-corrected chi connectivity index (χ1v) is 17.6. The Morgan fingerprint density at radius 2 is 1.51 bits per heavy atom. The van der Waals surface area contributed by atoms with Crippen LogP contribution in [0.1, 0.15) is 48.8 Å². The first-order chi connectivity index (χ1) is 23.7. The standard InChI is InChI=1S/C37H38N4O7S/c1-23(35(45)40-30(19-24-11-3-2-4-12-24)34(44)32(21-38)49-17-9-10-18-49)39-36(46)31(20-33(42)43)41-37(47)48-22-29-27-15-7-5-13-25(27)26-14-6-8-16-28(26)29/h2-8,11-17,23,29-32H,9-10,18-20,22H2,1H3,(H,39,46)(H,40,45)(H,41,47)(H,42,43)/t23-,30-,31-,32?,49?/m0/s1. The topological polar surface area (TPSA) is 175 Å². The number of alkyl carbamates (subject to hydrolysis) is 1. The molecule has 1 aliphatic carbocycles. The molecule has 0 saturated carbocycles. The Morgan fingerprint density at radius 3 is 2.10 bits per heavy atom. The summed E-state index contributed by atoms with van der Waals surface area (Å²) in [5.74, 6) is -2.87. The van der Waals surface area contributed by atoms with Crippen LogP contribution < -0.4 is 16.0 Å². The molecule has 1 heterocycles. The fourth-order valence-electron chi connectivity index (χ4n) is 6.16. The van der Waals surface area contributed by atoms with Crippen molar-refractivity contribution >= 4 is 45.5 Å². The number of nitrogens with zero attached hydrogens (tertiary/aromatic N) is 1. The van der Waals surface area contributed by atoms with Crippen LogP contribution in [-0.2, 0) is 30.3 Å². The van der Waals surface area contributed by atoms with Gasteiger partial charge in [0.1, 0.15) is 23.9 Å². The van der Waals surface area contributed by atoms with Gasteiger partial charge in [0.15, 0.2) is 5.78 Å². The van der Waals surface area contributed by atoms with Gasteiger partial charge in [-0.3, -0.25) is 19.2 Å². The van der Waals surface area contributed by atoms with Crippen LogP contribution in [0.3, 0.4) is 0 Å². The van der Waals surface area contributed by atoms with E-state index in [-0.39, 0.29) is 18.9 Å². The summed E-state index contributed by atoms with van der Waals surface area (Å²) in [6.45, 7) is 1.34. The lowest BCUT2D eigenvalue weighted by Crippen LogP contribution is -2.56. The fourth-order valence-corrected chi connectivity index (χ4v) is 8.32. The maximum absolute atomic E-state index is 13.6. The molecule has 4 N–H and O–H groups in total. The zero-order valence-electron chi connectivity index (χ0n) is 27.0. The molecule has 11 nitrogen and oxygen atoms in total. The summed E-state index contributed by atoms with van der Waals surface area (Å²) in [4.78, 5) is 64.7. The third-order valence-corrected chi connectivity index (χ3v) is 11.0. The van der Waals surface area contributed by atoms with E-state index in [2.05, 4.69) is 22.0 Å². The van der Waals surface area contributed by atoms with Gasteiger partial charge in [-0.05, 0) is 59.8 Å². The van der Waals surface area contributed by atoms with E-state index in [9.17, 15) is 34.3 Å². The first kappa shape index (κ1) is 35.0. The number of fused-ring (bicyclic) bond motifs is 3. The average molecular weight is 683 g/mol. The Bertz CT molecular complexity index is 1760. The van der Waals surface area contributed by atoms with Gasteiger partial charge < -0.3 is 25.8 Å². The molecule has 49 heavy (non-hydrogen) atoms. The van der Waals surface area contributed by atoms with E-state index in [0.717, 1.165) is 46.4 Å². The lowest BCUT2D eigenvalue weighted by atomic mass is 9.98. The second-order valence-corrected chi connectivity index (χ2v) is 14.1. The number of carboxylic acids is 1. The van der Waals surface area contributed by atoms with Crippen molar-refractivity contribution < 1.29 is 33.8 Å². The number of nitriles is 1. The van der Waals surface area contributed by atoms with Crippen molar-refractivity contribution in [3.8, 4) is 17.2 Å². The van der Waals surface area contributed by atoms with Gasteiger partial charge in [-0.2, -0.15) is 15.7 Å². The third-order valence-electron chi connectivity index (χ3n) is 8.62. The quantitative estimate of drug-likeness (QED) is 0.185. The largest absolute Gasteiger partial charge is 0.481 e. The zero-order chi connectivity index (χ0) is 34.9. The Kier molecular flexibility index (Phi) is 11.6. The first-order valence-electron chi connectivity index (χ1n) is 16.1. The summed E-state index contributed by atoms with van der Waals surface area (Å²) in [7, 11) is -0.515. The Balaban J connectivity index is 1.22. The molecule has 2 unspecified atom stereocenters. The number of ether oxygens (including phenoxy) is 1. The van der Waals surface area contributed by atoms with Gasteiger partial charge in [-0.25, -0.2) is 4.79 Å². The number of hydrogen-bond acceptors (Lipinski definition) is 7. The number of carbonyl (C=O) groups is 5. The molecule has 5 rings (SSSR count). The molecule has 12 heteroatoms. The van der Waals surface area contributed by atoms with Gasteiger partial charge in [0.2, 0.25) is 11.8 Å². The van der Waals surface area contributed by atoms with Gasteiger partial charge in [-0.1, -0.05) is 84.2 Å². The summed E-state index contributed by atoms with van der Waals surface area (Å²) < 4.78 is 5.50. The molecular weight excluding hydrogens is 644 g/mol. The number of aliphatic carboxylic acids is 1. The lowest BCUT2D eigenvalue weighted by molar-refractivity contribution is -0.140. The van der Waals surface area contributed by atoms with Crippen LogP contribution in [0.15, 0.2) is 78.9 Å². The van der Waals surface area contributed by atoms with Crippen LogP contribution >= 0.6 is 10.5 Å². The van der Waals surface area contributed by atoms with E-state index in [1.165, 1.54) is 6.92 Å². The molecule has 0 aromatic heterocycles. The highest BCUT2D eigenvalue weighted by Crippen LogP contribution is 2.44. The number of carboxylic acid groups (broad SMARTS) is 1. The maximum Gasteiger partial charge on any atom is 0.407 e. The van der Waals surface area contributed by atoms with Crippen LogP contribution in [0.2, 0.25) is 0 Å². The Labute approximate surface area is 287 Å². The van der Waals surface area contributed by atoms with Crippen molar-refractivity contribution in [1.82, 2.24) is 16.0 Å². The Morgan fingerprint density at radius 1 is 0.878 bits per heavy atom. The molecule has 2 aliphatic rings. The number of rotatable bonds is 14. The molecule has 0 spiro atoms. The molecule has 3 amide bonds. The summed E-state index contributed by atoms with van der Waals surface area (Å²) in [5, 5.41) is 28.0. The summed E-state index contributed by atoms with van der Waals surface area (Å²) in [5.41, 5.74) is 4.83. The van der Waals surface area contributed by atoms with Crippen molar-refractivity contribution in [2.75, 3.05) is 12.4 Å². The average Bonchev–Trinajstić information content (AvgIpc) is 3.74. The highest BCUT2D eigenvalue weighted by Gasteiger charge is 2.34. The summed E-state index contributed by atoms with van der Waals surface area (Å²) >= 11 is 0. The van der Waals surface area contributed by atoms with E-state index in [4.69, 9.17) is 4.74 Å². The SMILES string of the molecule is C[C@H](NC(=O)[C@H](CC(=O)O)NC(=O)OCC1c2ccccc2-c2ccccc21)C(=O)N[C@@H](Cc1ccccc1)C(=O)C(C#N)S1=CCCC1. The van der Waals surface area contributed by atoms with Crippen molar-refractivity contribution in [3.63, 3.8) is 0 Å². The smallest absolute Gasteiger partial charge is 0.407 e. The minimum atomic E-state index is -1.55. The van der Waals surface area contributed by atoms with Gasteiger partial charge in [0.25, 0.3) is 0 Å². The number of hydrogen-bond donors (Lipinski definition) is 4. The van der Waals surface area contributed by atoms with Crippen LogP contribution in [0.5, 0.6) is 0 Å². The van der Waals surface area contributed by atoms with Crippen LogP contribution in [0.25, 0.3) is 11.1 Å². The third kappa shape index (κ3) is 8.61. The predicted molar refractivity (Wildman–Crippen MR) is 186 cm³/mol. The number of nitrogens with one attached hydrogen (secondary N) is 3. The van der Waals surface area contributed by atoms with E-state index in [1.54, 1.807) is 0 Å². The number of Topliss-reactive ketones (excluding diaryl/α,β-unsaturated/α-hetero) is 1. The zero-order valence-corrected chi connectivity index (χ0v) is 27.8. The molecule has 254 valence electrons. The summed E-state index contributed by atoms with van der Waals surface area (Å²) in [6.07, 6.45) is 0.124. The number of ketones is 1. The van der Waals surface area contributed by atoms with Crippen molar-refractivity contribution in [2.24, 2.45) is 0 Å². The van der Waals surface area contributed by atoms with E-state index >= 15 is 0 Å². The minimum absolute atomic E-state index is 0.0419. The van der Waals surface area contributed by atoms with E-state index in [1.807, 2.05) is 84.2 Å². The maximum atomic E-state index is 13.6. The monoisotopic (exact) mass is 682 g/mol. The van der Waals surface area contributed by atoms with E-state index in [0.29, 0.717) is 0 Å². The van der Waals surface area contributed by atoms with Crippen molar-refractivity contribution in [1.29, 1.82) is 5.26 Å². The minimum Gasteiger partial charge on any atom is -0.481 e. The molecule has 1 aliphatic heterocycles. The van der Waals surface area contributed by atoms with Crippen LogP contribution in [-0.4, -0.2) is 75.9 Å². The van der Waals surface area contributed by atoms with Crippen LogP contribution in [0.4, 0.5) is 4.79 Å². The molecule has 0 radical (unpaired) electrons. The molecule has 5 atom stereocenters. The molecule has 0 fully saturated rings. The molecule has 0 bridgehead atoms. The van der Waals surface area contributed by atoms with E-state index < -0.39 is 69.9 Å². The molecular formula is C37H38N4O7S. The predicted octanol–water partition coefficient (Wildman–Crippen LogP) is 3.93. The number of amides is 3. The van der Waals surface area contributed by atoms with Crippen molar-refractivity contribution in [2.45, 2.75) is 61.9 Å². The second-order valence-electron chi connectivity index (χ2n) is 12.0.